The molecule has 8 aromatic carbocycles. The molecule has 0 saturated heterocycles. The number of anilines is 2. The van der Waals surface area contributed by atoms with Gasteiger partial charge in [0.05, 0.1) is 11.0 Å². The zero-order chi connectivity index (χ0) is 41.6. The Morgan fingerprint density at radius 1 is 0.419 bits per heavy atom. The van der Waals surface area contributed by atoms with Gasteiger partial charge in [-0.3, -0.25) is 0 Å². The van der Waals surface area contributed by atoms with E-state index in [9.17, 15) is 0 Å². The number of nitrogens with zero attached hydrogens (tertiary/aromatic N) is 2. The number of hydrogen-bond donors (Lipinski definition) is 0. The molecule has 0 saturated carbocycles. The summed E-state index contributed by atoms with van der Waals surface area (Å²) in [4.78, 5) is 2.57. The second kappa shape index (κ2) is 11.4. The van der Waals surface area contributed by atoms with Crippen LogP contribution in [0.1, 0.15) is 52.7 Å². The maximum Gasteiger partial charge on any atom is 0.333 e. The number of hydrogen-bond acceptors (Lipinski definition) is 4. The zero-order valence-corrected chi connectivity index (χ0v) is 35.5. The molecule has 0 aliphatic carbocycles. The smallest absolute Gasteiger partial charge is 0.333 e. The van der Waals surface area contributed by atoms with E-state index in [0.29, 0.717) is 0 Å². The molecule has 6 heteroatoms. The number of rotatable bonds is 1. The molecule has 2 aliphatic heterocycles. The number of aromatic nitrogens is 1. The molecule has 62 heavy (non-hydrogen) atoms. The van der Waals surface area contributed by atoms with Gasteiger partial charge in [0.1, 0.15) is 33.5 Å². The maximum atomic E-state index is 6.85. The number of benzene rings is 8. The van der Waals surface area contributed by atoms with Crippen LogP contribution < -0.4 is 15.7 Å². The van der Waals surface area contributed by atoms with Crippen LogP contribution in [0.2, 0.25) is 0 Å². The van der Waals surface area contributed by atoms with Crippen LogP contribution in [-0.4, -0.2) is 11.4 Å². The Morgan fingerprint density at radius 2 is 1.00 bits per heavy atom. The fourth-order valence-electron chi connectivity index (χ4n) is 11.0. The van der Waals surface area contributed by atoms with Crippen molar-refractivity contribution in [2.75, 3.05) is 4.81 Å². The van der Waals surface area contributed by atoms with Gasteiger partial charge < -0.3 is 22.6 Å². The third kappa shape index (κ3) is 4.44. The highest BCUT2D eigenvalue weighted by Gasteiger charge is 2.45. The van der Waals surface area contributed by atoms with Crippen LogP contribution in [-0.2, 0) is 10.8 Å². The van der Waals surface area contributed by atoms with E-state index in [1.54, 1.807) is 0 Å². The van der Waals surface area contributed by atoms with Crippen molar-refractivity contribution in [3.8, 4) is 16.8 Å². The number of para-hydroxylation sites is 2. The van der Waals surface area contributed by atoms with Crippen molar-refractivity contribution >= 4 is 117 Å². The van der Waals surface area contributed by atoms with Crippen LogP contribution in [0.15, 0.2) is 153 Å². The molecule has 0 amide bonds. The van der Waals surface area contributed by atoms with E-state index in [1.165, 1.54) is 49.5 Å². The summed E-state index contributed by atoms with van der Waals surface area (Å²) in [6.45, 7) is 13.4. The van der Waals surface area contributed by atoms with Crippen LogP contribution in [0, 0.1) is 0 Å². The summed E-state index contributed by atoms with van der Waals surface area (Å²) in [6, 6.07) is 51.5. The normalized spacial score (nSPS) is 13.9. The first-order valence-electron chi connectivity index (χ1n) is 21.8. The summed E-state index contributed by atoms with van der Waals surface area (Å²) in [5.74, 6) is 0. The number of furan rings is 3. The van der Waals surface area contributed by atoms with E-state index in [2.05, 4.69) is 184 Å². The van der Waals surface area contributed by atoms with Crippen LogP contribution in [0.5, 0.6) is 0 Å². The lowest BCUT2D eigenvalue weighted by Crippen LogP contribution is -2.60. The molecule has 0 N–H and O–H groups in total. The van der Waals surface area contributed by atoms with E-state index in [1.807, 2.05) is 6.07 Å². The zero-order valence-electron chi connectivity index (χ0n) is 35.5. The van der Waals surface area contributed by atoms with Gasteiger partial charge in [-0.05, 0) is 93.0 Å². The van der Waals surface area contributed by atoms with Gasteiger partial charge in [0.15, 0.2) is 0 Å². The molecule has 5 nitrogen and oxygen atoms in total. The second-order valence-corrected chi connectivity index (χ2v) is 19.7. The third-order valence-electron chi connectivity index (χ3n) is 14.1. The average molecular weight is 801 g/mol. The lowest BCUT2D eigenvalue weighted by Gasteiger charge is -2.42. The quantitative estimate of drug-likeness (QED) is 0.155. The van der Waals surface area contributed by atoms with Gasteiger partial charge in [-0.15, -0.1) is 0 Å². The van der Waals surface area contributed by atoms with Crippen LogP contribution >= 0.6 is 0 Å². The Morgan fingerprint density at radius 3 is 1.73 bits per heavy atom. The maximum absolute atomic E-state index is 6.85. The Bertz CT molecular complexity index is 3960. The van der Waals surface area contributed by atoms with Crippen molar-refractivity contribution in [3.05, 3.63) is 151 Å². The van der Waals surface area contributed by atoms with Gasteiger partial charge in [0, 0.05) is 77.8 Å². The van der Waals surface area contributed by atoms with E-state index in [0.717, 1.165) is 88.4 Å². The third-order valence-corrected chi connectivity index (χ3v) is 14.1. The summed E-state index contributed by atoms with van der Waals surface area (Å²) < 4.78 is 22.7. The van der Waals surface area contributed by atoms with Gasteiger partial charge in [-0.2, -0.15) is 0 Å². The monoisotopic (exact) mass is 800 g/mol. The predicted octanol–water partition coefficient (Wildman–Crippen LogP) is 14.3. The topological polar surface area (TPSA) is 47.6 Å². The largest absolute Gasteiger partial charge is 0.456 e. The van der Waals surface area contributed by atoms with Crippen molar-refractivity contribution in [3.63, 3.8) is 0 Å². The average Bonchev–Trinajstić information content (AvgIpc) is 4.01. The molecule has 296 valence electrons. The van der Waals surface area contributed by atoms with E-state index in [4.69, 9.17) is 13.3 Å². The number of fused-ring (bicyclic) bond motifs is 17. The molecule has 0 spiro atoms. The molecular weight excluding hydrogens is 759 g/mol. The highest BCUT2D eigenvalue weighted by atomic mass is 16.3. The standard InChI is InChI=1S/C56H41BN2O3/c1-55(2,3)30-15-18-32(19-16-30)59-45-29-52-41(35-20-17-31(56(4,5)6)23-49(35)62-52)24-38(45)36-21-22-37-39-25-40-33-11-7-9-13-47(33)61-51(40)28-44(39)58-46-26-42-34-12-8-10-14-48(34)60-50(42)27-43(46)57(59)53(36)54(37)58/h7-29H,1-6H3. The predicted molar refractivity (Wildman–Crippen MR) is 259 cm³/mol. The molecule has 6 heterocycles. The molecule has 0 unspecified atom stereocenters. The van der Waals surface area contributed by atoms with Crippen LogP contribution in [0.3, 0.4) is 0 Å². The van der Waals surface area contributed by atoms with Gasteiger partial charge in [0.25, 0.3) is 0 Å². The highest BCUT2D eigenvalue weighted by molar-refractivity contribution is 6.94. The molecule has 14 rings (SSSR count). The Kier molecular flexibility index (Phi) is 6.34. The minimum Gasteiger partial charge on any atom is -0.456 e. The summed E-state index contributed by atoms with van der Waals surface area (Å²) in [5, 5.41) is 9.19. The Hall–Kier alpha value is -7.18. The van der Waals surface area contributed by atoms with Crippen molar-refractivity contribution in [2.24, 2.45) is 0 Å². The molecule has 2 aliphatic rings. The van der Waals surface area contributed by atoms with Crippen LogP contribution in [0.25, 0.3) is 104 Å². The van der Waals surface area contributed by atoms with Crippen molar-refractivity contribution < 1.29 is 13.3 Å². The second-order valence-electron chi connectivity index (χ2n) is 19.7. The lowest BCUT2D eigenvalue weighted by atomic mass is 9.44. The minimum absolute atomic E-state index is 0.00195. The SMILES string of the molecule is CC(C)(C)c1ccc(N2B3c4cc5oc6ccccc6c5cc4-n4c5cc6oc7ccccc7c6cc5c5ccc(c3c54)-c3cc4c(cc32)oc2cc(C(C)(C)C)ccc24)cc1. The summed E-state index contributed by atoms with van der Waals surface area (Å²) >= 11 is 0. The van der Waals surface area contributed by atoms with Crippen molar-refractivity contribution in [2.45, 2.75) is 52.4 Å². The molecule has 4 aromatic heterocycles. The molecule has 0 fully saturated rings. The molecule has 0 radical (unpaired) electrons. The summed E-state index contributed by atoms with van der Waals surface area (Å²) in [6.07, 6.45) is 0. The van der Waals surface area contributed by atoms with Gasteiger partial charge in [0.2, 0.25) is 0 Å². The van der Waals surface area contributed by atoms with E-state index < -0.39 is 0 Å². The van der Waals surface area contributed by atoms with Crippen molar-refractivity contribution in [1.82, 2.24) is 4.57 Å². The van der Waals surface area contributed by atoms with E-state index in [-0.39, 0.29) is 17.7 Å². The first kappa shape index (κ1) is 34.5. The lowest BCUT2D eigenvalue weighted by molar-refractivity contribution is 0.587. The highest BCUT2D eigenvalue weighted by Crippen LogP contribution is 2.49. The molecular formula is C56H41BN2O3. The summed E-state index contributed by atoms with van der Waals surface area (Å²) in [7, 11) is 0. The fourth-order valence-corrected chi connectivity index (χ4v) is 11.0. The van der Waals surface area contributed by atoms with Crippen molar-refractivity contribution in [1.29, 1.82) is 0 Å². The van der Waals surface area contributed by atoms with E-state index >= 15 is 0 Å². The molecule has 0 atom stereocenters. The van der Waals surface area contributed by atoms with Gasteiger partial charge >= 0.3 is 6.85 Å². The Balaban J connectivity index is 1.15. The fraction of sp³-hybridized carbons (Fsp3) is 0.143. The van der Waals surface area contributed by atoms with Crippen LogP contribution in [0.4, 0.5) is 11.4 Å². The Labute approximate surface area is 357 Å². The first-order valence-corrected chi connectivity index (χ1v) is 21.8. The van der Waals surface area contributed by atoms with Gasteiger partial charge in [-0.1, -0.05) is 114 Å². The molecule has 0 bridgehead atoms. The molecule has 12 aromatic rings. The summed E-state index contributed by atoms with van der Waals surface area (Å²) in [5.41, 5.74) is 18.6. The van der Waals surface area contributed by atoms with Gasteiger partial charge in [-0.25, -0.2) is 0 Å². The first-order chi connectivity index (χ1) is 30.0. The minimum atomic E-state index is -0.177.